The van der Waals surface area contributed by atoms with Gasteiger partial charge in [0.2, 0.25) is 0 Å². The first-order chi connectivity index (χ1) is 11.1. The molecule has 0 heterocycles. The van der Waals surface area contributed by atoms with E-state index in [9.17, 15) is 10.2 Å². The molecule has 3 rings (SSSR count). The Morgan fingerprint density at radius 3 is 2.35 bits per heavy atom. The zero-order chi connectivity index (χ0) is 16.4. The van der Waals surface area contributed by atoms with E-state index < -0.39 is 0 Å². The van der Waals surface area contributed by atoms with E-state index >= 15 is 0 Å². The van der Waals surface area contributed by atoms with Crippen molar-refractivity contribution in [3.8, 4) is 11.5 Å². The van der Waals surface area contributed by atoms with Gasteiger partial charge in [0.1, 0.15) is 11.5 Å². The molecule has 1 unspecified atom stereocenters. The van der Waals surface area contributed by atoms with Gasteiger partial charge in [-0.25, -0.2) is 0 Å². The molecule has 0 saturated carbocycles. The Balaban J connectivity index is 2.10. The van der Waals surface area contributed by atoms with Crippen molar-refractivity contribution in [2.75, 3.05) is 18.5 Å². The fourth-order valence-electron chi connectivity index (χ4n) is 2.97. The summed E-state index contributed by atoms with van der Waals surface area (Å²) in [4.78, 5) is 2.01. The quantitative estimate of drug-likeness (QED) is 0.691. The Labute approximate surface area is 135 Å². The highest BCUT2D eigenvalue weighted by Crippen LogP contribution is 2.36. The van der Waals surface area contributed by atoms with Crippen molar-refractivity contribution in [3.05, 3.63) is 66.2 Å². The van der Waals surface area contributed by atoms with E-state index in [2.05, 4.69) is 0 Å². The molecule has 0 spiro atoms. The predicted molar refractivity (Wildman–Crippen MR) is 93.9 cm³/mol. The predicted octanol–water partition coefficient (Wildman–Crippen LogP) is 3.39. The second-order valence-corrected chi connectivity index (χ2v) is 5.60. The number of fused-ring (bicyclic) bond motifs is 1. The minimum absolute atomic E-state index is 0.175. The number of phenols is 2. The van der Waals surface area contributed by atoms with Crippen molar-refractivity contribution in [2.45, 2.75) is 6.04 Å². The highest BCUT2D eigenvalue weighted by molar-refractivity contribution is 5.88. The van der Waals surface area contributed by atoms with Crippen LogP contribution in [0.15, 0.2) is 60.7 Å². The number of aromatic hydroxyl groups is 2. The molecule has 4 heteroatoms. The first kappa shape index (κ1) is 15.2. The van der Waals surface area contributed by atoms with Crippen LogP contribution in [0.3, 0.4) is 0 Å². The summed E-state index contributed by atoms with van der Waals surface area (Å²) in [6.07, 6.45) is 0. The van der Waals surface area contributed by atoms with Gasteiger partial charge >= 0.3 is 0 Å². The average molecular weight is 308 g/mol. The third-order valence-corrected chi connectivity index (χ3v) is 4.23. The number of likely N-dealkylation sites (N-methyl/N-ethyl adjacent to an activating group) is 1. The Morgan fingerprint density at radius 1 is 0.957 bits per heavy atom. The van der Waals surface area contributed by atoms with E-state index in [0.717, 1.165) is 22.0 Å². The third-order valence-electron chi connectivity index (χ3n) is 4.23. The summed E-state index contributed by atoms with van der Waals surface area (Å²) in [5, 5.41) is 21.9. The van der Waals surface area contributed by atoms with Gasteiger partial charge in [-0.05, 0) is 41.1 Å². The molecule has 0 aromatic heterocycles. The molecule has 0 amide bonds. The highest BCUT2D eigenvalue weighted by atomic mass is 16.3. The molecule has 1 atom stereocenters. The molecule has 23 heavy (non-hydrogen) atoms. The maximum Gasteiger partial charge on any atom is 0.121 e. The zero-order valence-electron chi connectivity index (χ0n) is 13.0. The van der Waals surface area contributed by atoms with Gasteiger partial charge in [-0.1, -0.05) is 30.3 Å². The van der Waals surface area contributed by atoms with Gasteiger partial charge < -0.3 is 20.8 Å². The van der Waals surface area contributed by atoms with Crippen molar-refractivity contribution in [1.82, 2.24) is 0 Å². The smallest absolute Gasteiger partial charge is 0.121 e. The van der Waals surface area contributed by atoms with E-state index in [1.807, 2.05) is 54.4 Å². The number of hydrogen-bond donors (Lipinski definition) is 3. The minimum atomic E-state index is -0.175. The van der Waals surface area contributed by atoms with E-state index in [1.54, 1.807) is 18.2 Å². The summed E-state index contributed by atoms with van der Waals surface area (Å²) in [5.41, 5.74) is 7.77. The van der Waals surface area contributed by atoms with Gasteiger partial charge in [0.15, 0.2) is 0 Å². The van der Waals surface area contributed by atoms with Crippen molar-refractivity contribution in [3.63, 3.8) is 0 Å². The second kappa shape index (κ2) is 6.18. The third kappa shape index (κ3) is 2.81. The normalized spacial score (nSPS) is 12.3. The molecule has 0 bridgehead atoms. The van der Waals surface area contributed by atoms with E-state index in [-0.39, 0.29) is 17.5 Å². The lowest BCUT2D eigenvalue weighted by Crippen LogP contribution is -2.30. The number of hydrogen-bond acceptors (Lipinski definition) is 4. The van der Waals surface area contributed by atoms with Crippen molar-refractivity contribution in [1.29, 1.82) is 0 Å². The van der Waals surface area contributed by atoms with Gasteiger partial charge in [-0.2, -0.15) is 0 Å². The largest absolute Gasteiger partial charge is 0.508 e. The molecule has 0 saturated heterocycles. The SMILES string of the molecule is CN(c1ccc(O)cc1)C(CN)c1c(O)ccc2ccccc12. The number of nitrogens with two attached hydrogens (primary N) is 1. The lowest BCUT2D eigenvalue weighted by atomic mass is 9.96. The number of benzene rings is 3. The minimum Gasteiger partial charge on any atom is -0.508 e. The summed E-state index contributed by atoms with van der Waals surface area (Å²) < 4.78 is 0. The van der Waals surface area contributed by atoms with Crippen LogP contribution >= 0.6 is 0 Å². The molecule has 0 fully saturated rings. The molecule has 0 aliphatic rings. The summed E-state index contributed by atoms with van der Waals surface area (Å²) in [7, 11) is 1.94. The van der Waals surface area contributed by atoms with Crippen LogP contribution in [0.1, 0.15) is 11.6 Å². The zero-order valence-corrected chi connectivity index (χ0v) is 13.0. The Bertz CT molecular complexity index is 815. The Hall–Kier alpha value is -2.72. The highest BCUT2D eigenvalue weighted by Gasteiger charge is 2.21. The molecule has 3 aromatic carbocycles. The lowest BCUT2D eigenvalue weighted by Gasteiger charge is -2.31. The van der Waals surface area contributed by atoms with E-state index in [0.29, 0.717) is 6.54 Å². The van der Waals surface area contributed by atoms with Crippen LogP contribution in [0.4, 0.5) is 5.69 Å². The van der Waals surface area contributed by atoms with Gasteiger partial charge in [-0.15, -0.1) is 0 Å². The van der Waals surface area contributed by atoms with E-state index in [1.165, 1.54) is 0 Å². The van der Waals surface area contributed by atoms with E-state index in [4.69, 9.17) is 5.73 Å². The first-order valence-electron chi connectivity index (χ1n) is 7.54. The number of anilines is 1. The monoisotopic (exact) mass is 308 g/mol. The molecule has 0 aliphatic heterocycles. The van der Waals surface area contributed by atoms with Crippen molar-refractivity contribution in [2.24, 2.45) is 5.73 Å². The second-order valence-electron chi connectivity index (χ2n) is 5.60. The lowest BCUT2D eigenvalue weighted by molar-refractivity contribution is 0.461. The average Bonchev–Trinajstić information content (AvgIpc) is 2.58. The molecule has 4 nitrogen and oxygen atoms in total. The first-order valence-corrected chi connectivity index (χ1v) is 7.54. The van der Waals surface area contributed by atoms with Crippen LogP contribution in [0.2, 0.25) is 0 Å². The molecule has 0 radical (unpaired) electrons. The molecule has 118 valence electrons. The van der Waals surface area contributed by atoms with Crippen molar-refractivity contribution >= 4 is 16.5 Å². The fraction of sp³-hybridized carbons (Fsp3) is 0.158. The Kier molecular flexibility index (Phi) is 4.08. The summed E-state index contributed by atoms with van der Waals surface area (Å²) in [6, 6.07) is 18.3. The molecular weight excluding hydrogens is 288 g/mol. The summed E-state index contributed by atoms with van der Waals surface area (Å²) in [6.45, 7) is 0.360. The summed E-state index contributed by atoms with van der Waals surface area (Å²) in [5.74, 6) is 0.462. The number of rotatable bonds is 4. The molecule has 4 N–H and O–H groups in total. The molecule has 0 aliphatic carbocycles. The van der Waals surface area contributed by atoms with Crippen LogP contribution < -0.4 is 10.6 Å². The van der Waals surface area contributed by atoms with Crippen LogP contribution in [-0.4, -0.2) is 23.8 Å². The van der Waals surface area contributed by atoms with Gasteiger partial charge in [-0.3, -0.25) is 0 Å². The topological polar surface area (TPSA) is 69.7 Å². The standard InChI is InChI=1S/C19H20N2O2/c1-21(14-7-9-15(22)10-8-14)17(12-20)19-16-5-3-2-4-13(16)6-11-18(19)23/h2-11,17,22-23H,12,20H2,1H3. The van der Waals surface area contributed by atoms with Crippen LogP contribution in [-0.2, 0) is 0 Å². The molecular formula is C19H20N2O2. The number of nitrogens with zero attached hydrogens (tertiary/aromatic N) is 1. The van der Waals surface area contributed by atoms with Gasteiger partial charge in [0, 0.05) is 24.8 Å². The van der Waals surface area contributed by atoms with Crippen LogP contribution in [0, 0.1) is 0 Å². The van der Waals surface area contributed by atoms with Crippen molar-refractivity contribution < 1.29 is 10.2 Å². The maximum absolute atomic E-state index is 10.4. The van der Waals surface area contributed by atoms with Crippen LogP contribution in [0.25, 0.3) is 10.8 Å². The fourth-order valence-corrected chi connectivity index (χ4v) is 2.97. The van der Waals surface area contributed by atoms with Gasteiger partial charge in [0.25, 0.3) is 0 Å². The Morgan fingerprint density at radius 2 is 1.65 bits per heavy atom. The number of phenolic OH excluding ortho intramolecular Hbond substituents is 2. The summed E-state index contributed by atoms with van der Waals surface area (Å²) >= 11 is 0. The maximum atomic E-state index is 10.4. The van der Waals surface area contributed by atoms with Crippen LogP contribution in [0.5, 0.6) is 11.5 Å². The molecule has 3 aromatic rings. The van der Waals surface area contributed by atoms with Gasteiger partial charge in [0.05, 0.1) is 6.04 Å².